The Hall–Kier alpha value is -1.01. The number of likely N-dealkylation sites (N-methyl/N-ethyl adjacent to an activating group) is 1. The number of hydrogen-bond donors (Lipinski definition) is 2. The zero-order chi connectivity index (χ0) is 13.8. The number of hydrogen-bond acceptors (Lipinski definition) is 4. The van der Waals surface area contributed by atoms with Crippen molar-refractivity contribution in [2.45, 2.75) is 13.0 Å². The van der Waals surface area contributed by atoms with Crippen LogP contribution < -0.4 is 5.43 Å². The van der Waals surface area contributed by atoms with Gasteiger partial charge in [0.25, 0.3) is 0 Å². The van der Waals surface area contributed by atoms with Gasteiger partial charge in [-0.2, -0.15) is 0 Å². The third kappa shape index (κ3) is 3.98. The smallest absolute Gasteiger partial charge is 0.126 e. The molecule has 0 saturated carbocycles. The van der Waals surface area contributed by atoms with Gasteiger partial charge in [-0.15, -0.1) is 0 Å². The molecule has 1 atom stereocenters. The first kappa shape index (κ1) is 14.4. The molecule has 0 bridgehead atoms. The summed E-state index contributed by atoms with van der Waals surface area (Å²) in [6.45, 7) is 6.11. The van der Waals surface area contributed by atoms with E-state index in [0.717, 1.165) is 31.7 Å². The number of nitrogens with zero attached hydrogens (tertiary/aromatic N) is 2. The lowest BCUT2D eigenvalue weighted by molar-refractivity contribution is 0.0743. The van der Waals surface area contributed by atoms with Crippen molar-refractivity contribution in [2.24, 2.45) is 0 Å². The molecule has 0 amide bonds. The highest BCUT2D eigenvalue weighted by molar-refractivity contribution is 5.25. The fraction of sp³-hybridized carbons (Fsp3) is 0.571. The first-order valence-corrected chi connectivity index (χ1v) is 6.67. The molecule has 1 aromatic carbocycles. The molecule has 1 aromatic rings. The first-order valence-electron chi connectivity index (χ1n) is 6.67. The van der Waals surface area contributed by atoms with Crippen LogP contribution in [0, 0.1) is 12.7 Å². The van der Waals surface area contributed by atoms with E-state index >= 15 is 0 Å². The molecule has 1 aliphatic heterocycles. The molecule has 1 heterocycles. The molecule has 2 rings (SSSR count). The third-order valence-corrected chi connectivity index (χ3v) is 3.58. The minimum Gasteiger partial charge on any atom is -0.387 e. The van der Waals surface area contributed by atoms with E-state index in [4.69, 9.17) is 0 Å². The van der Waals surface area contributed by atoms with Gasteiger partial charge in [-0.25, -0.2) is 9.40 Å². The van der Waals surface area contributed by atoms with Crippen LogP contribution in [0.1, 0.15) is 17.2 Å². The van der Waals surface area contributed by atoms with Crippen molar-refractivity contribution >= 4 is 0 Å². The molecule has 1 fully saturated rings. The van der Waals surface area contributed by atoms with E-state index in [1.807, 2.05) is 0 Å². The largest absolute Gasteiger partial charge is 0.387 e. The normalized spacial score (nSPS) is 19.6. The molecule has 1 saturated heterocycles. The van der Waals surface area contributed by atoms with Gasteiger partial charge in [-0.1, -0.05) is 12.1 Å². The molecular formula is C14H22FN3O. The topological polar surface area (TPSA) is 38.7 Å². The number of aryl methyl sites for hydroxylation is 1. The number of hydrazine groups is 1. The van der Waals surface area contributed by atoms with Gasteiger partial charge < -0.3 is 10.0 Å². The number of aliphatic hydroxyl groups excluding tert-OH is 1. The summed E-state index contributed by atoms with van der Waals surface area (Å²) in [4.78, 5) is 2.28. The summed E-state index contributed by atoms with van der Waals surface area (Å²) in [7, 11) is 2.10. The van der Waals surface area contributed by atoms with Gasteiger partial charge in [-0.05, 0) is 31.2 Å². The van der Waals surface area contributed by atoms with Crippen LogP contribution in [0.25, 0.3) is 0 Å². The van der Waals surface area contributed by atoms with E-state index in [1.165, 1.54) is 6.07 Å². The molecule has 0 aliphatic carbocycles. The van der Waals surface area contributed by atoms with Crippen LogP contribution in [-0.2, 0) is 0 Å². The number of aliphatic hydroxyl groups is 1. The van der Waals surface area contributed by atoms with Crippen LogP contribution in [0.3, 0.4) is 0 Å². The number of nitrogens with one attached hydrogen (secondary N) is 1. The van der Waals surface area contributed by atoms with Crippen molar-refractivity contribution in [3.05, 3.63) is 35.1 Å². The van der Waals surface area contributed by atoms with Crippen LogP contribution in [0.15, 0.2) is 18.2 Å². The Bertz CT molecular complexity index is 419. The van der Waals surface area contributed by atoms with E-state index in [0.29, 0.717) is 12.1 Å². The standard InChI is InChI=1S/C14H22FN3O/c1-11-9-12(3-4-13(11)15)14(19)10-16-18-7-5-17(2)6-8-18/h3-4,9,14,16,19H,5-8,10H2,1-2H3. The summed E-state index contributed by atoms with van der Waals surface area (Å²) < 4.78 is 13.2. The lowest BCUT2D eigenvalue weighted by Gasteiger charge is -2.33. The van der Waals surface area contributed by atoms with Crippen molar-refractivity contribution in [3.8, 4) is 0 Å². The molecular weight excluding hydrogens is 245 g/mol. The van der Waals surface area contributed by atoms with Gasteiger partial charge >= 0.3 is 0 Å². The van der Waals surface area contributed by atoms with Gasteiger partial charge in [-0.3, -0.25) is 5.43 Å². The Morgan fingerprint density at radius 2 is 2.00 bits per heavy atom. The SMILES string of the molecule is Cc1cc(C(O)CNN2CCN(C)CC2)ccc1F. The average molecular weight is 267 g/mol. The number of halogens is 1. The van der Waals surface area contributed by atoms with E-state index in [-0.39, 0.29) is 5.82 Å². The van der Waals surface area contributed by atoms with Gasteiger partial charge in [0.05, 0.1) is 6.10 Å². The highest BCUT2D eigenvalue weighted by atomic mass is 19.1. The molecule has 0 spiro atoms. The van der Waals surface area contributed by atoms with Gasteiger partial charge in [0, 0.05) is 32.7 Å². The fourth-order valence-corrected chi connectivity index (χ4v) is 2.17. The number of rotatable bonds is 4. The summed E-state index contributed by atoms with van der Waals surface area (Å²) >= 11 is 0. The maximum absolute atomic E-state index is 13.2. The predicted octanol–water partition coefficient (Wildman–Crippen LogP) is 0.920. The van der Waals surface area contributed by atoms with E-state index in [1.54, 1.807) is 19.1 Å². The molecule has 0 radical (unpaired) electrons. The second kappa shape index (κ2) is 6.43. The highest BCUT2D eigenvalue weighted by Crippen LogP contribution is 2.16. The van der Waals surface area contributed by atoms with Crippen molar-refractivity contribution in [3.63, 3.8) is 0 Å². The van der Waals surface area contributed by atoms with E-state index in [2.05, 4.69) is 22.4 Å². The lowest BCUT2D eigenvalue weighted by atomic mass is 10.1. The summed E-state index contributed by atoms with van der Waals surface area (Å²) in [5.41, 5.74) is 4.55. The molecule has 0 aromatic heterocycles. The van der Waals surface area contributed by atoms with Crippen LogP contribution in [-0.4, -0.2) is 54.8 Å². The van der Waals surface area contributed by atoms with Gasteiger partial charge in [0.2, 0.25) is 0 Å². The van der Waals surface area contributed by atoms with Gasteiger partial charge in [0.15, 0.2) is 0 Å². The Kier molecular flexibility index (Phi) is 4.87. The third-order valence-electron chi connectivity index (χ3n) is 3.58. The van der Waals surface area contributed by atoms with Crippen LogP contribution in [0.2, 0.25) is 0 Å². The predicted molar refractivity (Wildman–Crippen MR) is 73.2 cm³/mol. The molecule has 1 aliphatic rings. The van der Waals surface area contributed by atoms with Crippen molar-refractivity contribution in [2.75, 3.05) is 39.8 Å². The minimum atomic E-state index is -0.612. The minimum absolute atomic E-state index is 0.233. The molecule has 2 N–H and O–H groups in total. The molecule has 106 valence electrons. The molecule has 19 heavy (non-hydrogen) atoms. The zero-order valence-corrected chi connectivity index (χ0v) is 11.6. The molecule has 5 heteroatoms. The average Bonchev–Trinajstić information content (AvgIpc) is 2.41. The number of benzene rings is 1. The number of piperazine rings is 1. The maximum Gasteiger partial charge on any atom is 0.126 e. The monoisotopic (exact) mass is 267 g/mol. The Balaban J connectivity index is 1.83. The maximum atomic E-state index is 13.2. The van der Waals surface area contributed by atoms with E-state index < -0.39 is 6.10 Å². The Morgan fingerprint density at radius 1 is 1.32 bits per heavy atom. The van der Waals surface area contributed by atoms with Crippen molar-refractivity contribution in [1.82, 2.24) is 15.3 Å². The van der Waals surface area contributed by atoms with Crippen LogP contribution >= 0.6 is 0 Å². The van der Waals surface area contributed by atoms with Gasteiger partial charge in [0.1, 0.15) is 5.82 Å². The first-order chi connectivity index (χ1) is 9.06. The van der Waals surface area contributed by atoms with E-state index in [9.17, 15) is 9.50 Å². The molecule has 1 unspecified atom stereocenters. The fourth-order valence-electron chi connectivity index (χ4n) is 2.17. The van der Waals surface area contributed by atoms with Crippen LogP contribution in [0.5, 0.6) is 0 Å². The molecule has 4 nitrogen and oxygen atoms in total. The zero-order valence-electron chi connectivity index (χ0n) is 11.6. The Morgan fingerprint density at radius 3 is 2.63 bits per heavy atom. The van der Waals surface area contributed by atoms with Crippen LogP contribution in [0.4, 0.5) is 4.39 Å². The Labute approximate surface area is 113 Å². The highest BCUT2D eigenvalue weighted by Gasteiger charge is 2.15. The second-order valence-electron chi connectivity index (χ2n) is 5.18. The summed E-state index contributed by atoms with van der Waals surface area (Å²) in [5, 5.41) is 12.2. The summed E-state index contributed by atoms with van der Waals surface area (Å²) in [6.07, 6.45) is -0.612. The van der Waals surface area contributed by atoms with Crippen molar-refractivity contribution in [1.29, 1.82) is 0 Å². The van der Waals surface area contributed by atoms with Crippen molar-refractivity contribution < 1.29 is 9.50 Å². The summed E-state index contributed by atoms with van der Waals surface area (Å²) in [5.74, 6) is -0.233. The second-order valence-corrected chi connectivity index (χ2v) is 5.18. The quantitative estimate of drug-likeness (QED) is 0.851. The lowest BCUT2D eigenvalue weighted by Crippen LogP contribution is -2.51. The summed E-state index contributed by atoms with van der Waals surface area (Å²) in [6, 6.07) is 4.74.